The number of amides is 1. The first-order valence-corrected chi connectivity index (χ1v) is 10.9. The van der Waals surface area contributed by atoms with Crippen molar-refractivity contribution in [1.82, 2.24) is 20.6 Å². The van der Waals surface area contributed by atoms with Crippen LogP contribution < -0.4 is 10.2 Å². The third-order valence-electron chi connectivity index (χ3n) is 5.49. The average molecular weight is 450 g/mol. The lowest BCUT2D eigenvalue weighted by Crippen LogP contribution is -2.17. The molecule has 7 nitrogen and oxygen atoms in total. The standard InChI is InChI=1S/C27H23N5O2/c1-18-10-12-19(13-11-18)17-34-26-9-5-3-7-22(26)24-14-25(31-30-24)27(33)32-29-16-20-15-28-23-8-4-2-6-21(20)23/h2-16,28H,17H2,1H3,(H,30,31)(H,32,33)/b29-16+. The number of benzene rings is 3. The van der Waals surface area contributed by atoms with E-state index in [2.05, 4.69) is 44.8 Å². The Labute approximate surface area is 196 Å². The second-order valence-corrected chi connectivity index (χ2v) is 7.93. The van der Waals surface area contributed by atoms with Gasteiger partial charge in [0.25, 0.3) is 5.91 Å². The normalized spacial score (nSPS) is 11.2. The zero-order valence-electron chi connectivity index (χ0n) is 18.6. The number of nitrogens with one attached hydrogen (secondary N) is 3. The van der Waals surface area contributed by atoms with Crippen molar-refractivity contribution in [3.05, 3.63) is 107 Å². The smallest absolute Gasteiger partial charge is 0.289 e. The molecule has 0 aliphatic heterocycles. The van der Waals surface area contributed by atoms with Gasteiger partial charge in [-0.2, -0.15) is 10.2 Å². The predicted octanol–water partition coefficient (Wildman–Crippen LogP) is 5.21. The van der Waals surface area contributed by atoms with Gasteiger partial charge in [-0.15, -0.1) is 0 Å². The zero-order chi connectivity index (χ0) is 23.3. The van der Waals surface area contributed by atoms with Crippen LogP contribution in [-0.2, 0) is 6.61 Å². The largest absolute Gasteiger partial charge is 0.488 e. The predicted molar refractivity (Wildman–Crippen MR) is 133 cm³/mol. The zero-order valence-corrected chi connectivity index (χ0v) is 18.6. The maximum absolute atomic E-state index is 12.6. The van der Waals surface area contributed by atoms with Gasteiger partial charge in [0.2, 0.25) is 0 Å². The topological polar surface area (TPSA) is 95.2 Å². The van der Waals surface area contributed by atoms with Crippen molar-refractivity contribution >= 4 is 23.0 Å². The van der Waals surface area contributed by atoms with Crippen molar-refractivity contribution in [1.29, 1.82) is 0 Å². The molecule has 168 valence electrons. The monoisotopic (exact) mass is 449 g/mol. The number of hydrogen-bond donors (Lipinski definition) is 3. The SMILES string of the molecule is Cc1ccc(COc2ccccc2-c2cc(C(=O)N/N=C/c3c[nH]c4ccccc34)[nH]n2)cc1. The van der Waals surface area contributed by atoms with Crippen LogP contribution in [0.3, 0.4) is 0 Å². The molecule has 2 aromatic heterocycles. The Bertz CT molecular complexity index is 1460. The minimum Gasteiger partial charge on any atom is -0.488 e. The molecule has 0 bridgehead atoms. The van der Waals surface area contributed by atoms with E-state index < -0.39 is 0 Å². The molecule has 7 heteroatoms. The van der Waals surface area contributed by atoms with Gasteiger partial charge in [0, 0.05) is 28.2 Å². The summed E-state index contributed by atoms with van der Waals surface area (Å²) in [6.07, 6.45) is 3.46. The first kappa shape index (κ1) is 21.2. The lowest BCUT2D eigenvalue weighted by Gasteiger charge is -2.10. The lowest BCUT2D eigenvalue weighted by atomic mass is 10.1. The van der Waals surface area contributed by atoms with Gasteiger partial charge in [-0.05, 0) is 36.8 Å². The maximum Gasteiger partial charge on any atom is 0.289 e. The molecule has 34 heavy (non-hydrogen) atoms. The van der Waals surface area contributed by atoms with Gasteiger partial charge in [0.15, 0.2) is 0 Å². The van der Waals surface area contributed by atoms with Gasteiger partial charge in [-0.1, -0.05) is 60.2 Å². The van der Waals surface area contributed by atoms with E-state index in [0.717, 1.165) is 27.6 Å². The van der Waals surface area contributed by atoms with Crippen LogP contribution in [0.1, 0.15) is 27.2 Å². The molecule has 0 spiro atoms. The van der Waals surface area contributed by atoms with E-state index >= 15 is 0 Å². The molecule has 0 saturated carbocycles. The number of aromatic nitrogens is 3. The van der Waals surface area contributed by atoms with Crippen LogP contribution in [0.5, 0.6) is 5.75 Å². The van der Waals surface area contributed by atoms with E-state index in [9.17, 15) is 4.79 Å². The summed E-state index contributed by atoms with van der Waals surface area (Å²) in [7, 11) is 0. The summed E-state index contributed by atoms with van der Waals surface area (Å²) in [6.45, 7) is 2.50. The van der Waals surface area contributed by atoms with Gasteiger partial charge in [0.05, 0.1) is 11.9 Å². The van der Waals surface area contributed by atoms with E-state index in [1.807, 2.05) is 66.9 Å². The van der Waals surface area contributed by atoms with E-state index in [-0.39, 0.29) is 5.91 Å². The fraction of sp³-hybridized carbons (Fsp3) is 0.0741. The highest BCUT2D eigenvalue weighted by Gasteiger charge is 2.14. The summed E-state index contributed by atoms with van der Waals surface area (Å²) in [5, 5.41) is 12.2. The van der Waals surface area contributed by atoms with Crippen molar-refractivity contribution in [3.8, 4) is 17.0 Å². The highest BCUT2D eigenvalue weighted by Crippen LogP contribution is 2.29. The summed E-state index contributed by atoms with van der Waals surface area (Å²) in [4.78, 5) is 15.7. The van der Waals surface area contributed by atoms with Crippen molar-refractivity contribution in [2.45, 2.75) is 13.5 Å². The molecule has 0 atom stereocenters. The van der Waals surface area contributed by atoms with Crippen molar-refractivity contribution in [2.24, 2.45) is 5.10 Å². The highest BCUT2D eigenvalue weighted by molar-refractivity contribution is 6.00. The summed E-state index contributed by atoms with van der Waals surface area (Å²) in [5.74, 6) is 0.312. The fourth-order valence-corrected chi connectivity index (χ4v) is 3.65. The quantitative estimate of drug-likeness (QED) is 0.235. The summed E-state index contributed by atoms with van der Waals surface area (Å²) >= 11 is 0. The molecule has 0 fully saturated rings. The van der Waals surface area contributed by atoms with Gasteiger partial charge in [0.1, 0.15) is 18.1 Å². The number of para-hydroxylation sites is 2. The molecule has 0 unspecified atom stereocenters. The van der Waals surface area contributed by atoms with Gasteiger partial charge in [-0.3, -0.25) is 9.89 Å². The van der Waals surface area contributed by atoms with Gasteiger partial charge in [-0.25, -0.2) is 5.43 Å². The number of carbonyl (C=O) groups excluding carboxylic acids is 1. The number of hydrazone groups is 1. The Balaban J connectivity index is 1.27. The molecule has 0 aliphatic rings. The Kier molecular flexibility index (Phi) is 5.90. The molecule has 2 heterocycles. The Morgan fingerprint density at radius 1 is 1.06 bits per heavy atom. The molecular formula is C27H23N5O2. The average Bonchev–Trinajstić information content (AvgIpc) is 3.52. The number of aryl methyl sites for hydroxylation is 1. The summed E-state index contributed by atoms with van der Waals surface area (Å²) in [5.41, 5.74) is 8.45. The Hall–Kier alpha value is -4.65. The Morgan fingerprint density at radius 3 is 2.74 bits per heavy atom. The minimum atomic E-state index is -0.382. The lowest BCUT2D eigenvalue weighted by molar-refractivity contribution is 0.0950. The van der Waals surface area contributed by atoms with Crippen LogP contribution >= 0.6 is 0 Å². The molecule has 3 aromatic carbocycles. The van der Waals surface area contributed by atoms with Crippen LogP contribution in [-0.4, -0.2) is 27.3 Å². The van der Waals surface area contributed by atoms with Crippen molar-refractivity contribution in [3.63, 3.8) is 0 Å². The van der Waals surface area contributed by atoms with Gasteiger partial charge >= 0.3 is 0 Å². The Morgan fingerprint density at radius 2 is 1.85 bits per heavy atom. The number of rotatable bonds is 7. The number of aromatic amines is 2. The third-order valence-corrected chi connectivity index (χ3v) is 5.49. The minimum absolute atomic E-state index is 0.305. The molecule has 0 aliphatic carbocycles. The second-order valence-electron chi connectivity index (χ2n) is 7.93. The van der Waals surface area contributed by atoms with Crippen molar-refractivity contribution in [2.75, 3.05) is 0 Å². The number of hydrogen-bond acceptors (Lipinski definition) is 4. The maximum atomic E-state index is 12.6. The van der Waals surface area contributed by atoms with Crippen molar-refractivity contribution < 1.29 is 9.53 Å². The highest BCUT2D eigenvalue weighted by atomic mass is 16.5. The molecule has 0 saturated heterocycles. The van der Waals surface area contributed by atoms with E-state index in [4.69, 9.17) is 4.74 Å². The van der Waals surface area contributed by atoms with Crippen LogP contribution in [0.4, 0.5) is 0 Å². The summed E-state index contributed by atoms with van der Waals surface area (Å²) in [6, 6.07) is 25.4. The van der Waals surface area contributed by atoms with E-state index in [1.54, 1.807) is 12.3 Å². The van der Waals surface area contributed by atoms with E-state index in [0.29, 0.717) is 23.7 Å². The second kappa shape index (κ2) is 9.46. The fourth-order valence-electron chi connectivity index (χ4n) is 3.65. The van der Waals surface area contributed by atoms with Crippen LogP contribution in [0.15, 0.2) is 90.2 Å². The summed E-state index contributed by atoms with van der Waals surface area (Å²) < 4.78 is 6.05. The van der Waals surface area contributed by atoms with E-state index in [1.165, 1.54) is 5.56 Å². The number of nitrogens with zero attached hydrogens (tertiary/aromatic N) is 2. The molecule has 3 N–H and O–H groups in total. The van der Waals surface area contributed by atoms with Crippen LogP contribution in [0, 0.1) is 6.92 Å². The van der Waals surface area contributed by atoms with Crippen LogP contribution in [0.25, 0.3) is 22.2 Å². The third kappa shape index (κ3) is 4.59. The number of ether oxygens (including phenoxy) is 1. The van der Waals surface area contributed by atoms with Gasteiger partial charge < -0.3 is 9.72 Å². The molecule has 0 radical (unpaired) electrons. The first-order chi connectivity index (χ1) is 16.7. The molecule has 5 rings (SSSR count). The molecule has 1 amide bonds. The molecule has 5 aromatic rings. The number of fused-ring (bicyclic) bond motifs is 1. The number of carbonyl (C=O) groups is 1. The first-order valence-electron chi connectivity index (χ1n) is 10.9. The number of H-pyrrole nitrogens is 2. The molecular weight excluding hydrogens is 426 g/mol. The van der Waals surface area contributed by atoms with Crippen LogP contribution in [0.2, 0.25) is 0 Å².